The Balaban J connectivity index is 1.72. The first-order chi connectivity index (χ1) is 12.8. The molecule has 152 valence electrons. The number of carbonyl (C=O) groups is 1. The second kappa shape index (κ2) is 9.43. The molecule has 8 heteroatoms. The van der Waals surface area contributed by atoms with Gasteiger partial charge in [0.05, 0.1) is 6.61 Å². The van der Waals surface area contributed by atoms with Crippen LogP contribution in [-0.4, -0.2) is 56.5 Å². The average Bonchev–Trinajstić information content (AvgIpc) is 2.61. The summed E-state index contributed by atoms with van der Waals surface area (Å²) in [7, 11) is 3.92. The first-order valence-corrected chi connectivity index (χ1v) is 9.09. The summed E-state index contributed by atoms with van der Waals surface area (Å²) < 4.78 is 34.4. The van der Waals surface area contributed by atoms with Crippen LogP contribution in [0.15, 0.2) is 30.3 Å². The van der Waals surface area contributed by atoms with E-state index in [1.165, 1.54) is 12.1 Å². The second-order valence-electron chi connectivity index (χ2n) is 7.18. The molecule has 0 radical (unpaired) electrons. The predicted octanol–water partition coefficient (Wildman–Crippen LogP) is 3.33. The molecule has 1 N–H and O–H groups in total. The van der Waals surface area contributed by atoms with Gasteiger partial charge in [-0.05, 0) is 46.8 Å². The lowest BCUT2D eigenvalue weighted by Crippen LogP contribution is -2.61. The highest BCUT2D eigenvalue weighted by molar-refractivity contribution is 5.66. The SMILES string of the molecule is CN(C)CCCNC(=O)OCCCC1(C)OOC1C(F)(F)c1ccccc1. The first kappa shape index (κ1) is 21.5. The van der Waals surface area contributed by atoms with Crippen LogP contribution in [0.3, 0.4) is 0 Å². The maximum atomic E-state index is 14.7. The van der Waals surface area contributed by atoms with Crippen molar-refractivity contribution >= 4 is 6.09 Å². The molecule has 1 amide bonds. The van der Waals surface area contributed by atoms with Crippen LogP contribution in [0.25, 0.3) is 0 Å². The monoisotopic (exact) mass is 386 g/mol. The van der Waals surface area contributed by atoms with Crippen LogP contribution >= 0.6 is 0 Å². The molecule has 1 fully saturated rings. The maximum Gasteiger partial charge on any atom is 0.407 e. The molecule has 1 aromatic carbocycles. The number of alkyl carbamates (subject to hydrolysis) is 1. The second-order valence-corrected chi connectivity index (χ2v) is 7.18. The Morgan fingerprint density at radius 2 is 2.00 bits per heavy atom. The van der Waals surface area contributed by atoms with E-state index in [9.17, 15) is 13.6 Å². The number of hydrogen-bond acceptors (Lipinski definition) is 5. The number of halogens is 2. The zero-order valence-corrected chi connectivity index (χ0v) is 16.0. The predicted molar refractivity (Wildman–Crippen MR) is 96.5 cm³/mol. The van der Waals surface area contributed by atoms with Crippen molar-refractivity contribution in [1.29, 1.82) is 0 Å². The van der Waals surface area contributed by atoms with E-state index in [2.05, 4.69) is 5.32 Å². The summed E-state index contributed by atoms with van der Waals surface area (Å²) >= 11 is 0. The van der Waals surface area contributed by atoms with E-state index in [0.29, 0.717) is 13.0 Å². The highest BCUT2D eigenvalue weighted by Gasteiger charge is 2.61. The van der Waals surface area contributed by atoms with Gasteiger partial charge in [-0.15, -0.1) is 0 Å². The van der Waals surface area contributed by atoms with Gasteiger partial charge >= 0.3 is 12.0 Å². The Bertz CT molecular complexity index is 601. The van der Waals surface area contributed by atoms with Crippen LogP contribution in [-0.2, 0) is 20.4 Å². The smallest absolute Gasteiger partial charge is 0.407 e. The number of ether oxygens (including phenoxy) is 1. The standard InChI is InChI=1S/C19H28F2N2O4/c1-18(11-7-14-25-17(24)22-12-8-13-23(2)3)16(26-27-18)19(20,21)15-9-5-4-6-10-15/h4-6,9-10,16H,7-8,11-14H2,1-3H3,(H,22,24). The van der Waals surface area contributed by atoms with Crippen molar-refractivity contribution in [3.63, 3.8) is 0 Å². The molecule has 1 aliphatic rings. The Hall–Kier alpha value is -1.77. The van der Waals surface area contributed by atoms with Gasteiger partial charge in [0.25, 0.3) is 0 Å². The van der Waals surface area contributed by atoms with Crippen molar-refractivity contribution in [2.45, 2.75) is 43.8 Å². The lowest BCUT2D eigenvalue weighted by Gasteiger charge is -2.47. The molecule has 0 spiro atoms. The van der Waals surface area contributed by atoms with Gasteiger partial charge in [-0.1, -0.05) is 30.3 Å². The van der Waals surface area contributed by atoms with Crippen molar-refractivity contribution in [1.82, 2.24) is 10.2 Å². The molecule has 0 aliphatic carbocycles. The van der Waals surface area contributed by atoms with Crippen LogP contribution in [0.5, 0.6) is 0 Å². The Morgan fingerprint density at radius 3 is 2.59 bits per heavy atom. The Kier molecular flexibility index (Phi) is 7.52. The van der Waals surface area contributed by atoms with Crippen LogP contribution in [0.4, 0.5) is 13.6 Å². The molecule has 0 saturated carbocycles. The van der Waals surface area contributed by atoms with Crippen molar-refractivity contribution in [3.05, 3.63) is 35.9 Å². The van der Waals surface area contributed by atoms with E-state index in [-0.39, 0.29) is 18.6 Å². The number of nitrogens with one attached hydrogen (secondary N) is 1. The number of hydrogen-bond donors (Lipinski definition) is 1. The third kappa shape index (κ3) is 5.85. The van der Waals surface area contributed by atoms with Gasteiger partial charge < -0.3 is 15.0 Å². The van der Waals surface area contributed by atoms with E-state index >= 15 is 0 Å². The van der Waals surface area contributed by atoms with Crippen molar-refractivity contribution in [2.24, 2.45) is 0 Å². The topological polar surface area (TPSA) is 60.0 Å². The molecule has 2 unspecified atom stereocenters. The number of rotatable bonds is 10. The van der Waals surface area contributed by atoms with Crippen molar-refractivity contribution in [2.75, 3.05) is 33.8 Å². The average molecular weight is 386 g/mol. The largest absolute Gasteiger partial charge is 0.450 e. The zero-order chi connectivity index (χ0) is 19.9. The summed E-state index contributed by atoms with van der Waals surface area (Å²) in [4.78, 5) is 23.4. The number of benzene rings is 1. The van der Waals surface area contributed by atoms with E-state index in [1.807, 2.05) is 19.0 Å². The van der Waals surface area contributed by atoms with E-state index in [1.54, 1.807) is 25.1 Å². The van der Waals surface area contributed by atoms with E-state index < -0.39 is 23.7 Å². The third-order valence-corrected chi connectivity index (χ3v) is 4.48. The van der Waals surface area contributed by atoms with E-state index in [0.717, 1.165) is 13.0 Å². The number of alkyl halides is 2. The molecule has 1 saturated heterocycles. The summed E-state index contributed by atoms with van der Waals surface area (Å²) in [6.07, 6.45) is -0.384. The lowest BCUT2D eigenvalue weighted by atomic mass is 9.85. The third-order valence-electron chi connectivity index (χ3n) is 4.48. The van der Waals surface area contributed by atoms with Crippen molar-refractivity contribution < 1.29 is 28.1 Å². The van der Waals surface area contributed by atoms with Gasteiger partial charge in [0.2, 0.25) is 0 Å². The van der Waals surface area contributed by atoms with Gasteiger partial charge in [0.1, 0.15) is 5.60 Å². The zero-order valence-electron chi connectivity index (χ0n) is 16.0. The maximum absolute atomic E-state index is 14.7. The van der Waals surface area contributed by atoms with Crippen LogP contribution in [0, 0.1) is 0 Å². The summed E-state index contributed by atoms with van der Waals surface area (Å²) in [5.74, 6) is -3.17. The van der Waals surface area contributed by atoms with E-state index in [4.69, 9.17) is 14.5 Å². The molecule has 27 heavy (non-hydrogen) atoms. The highest BCUT2D eigenvalue weighted by atomic mass is 19.3. The summed E-state index contributed by atoms with van der Waals surface area (Å²) in [6.45, 7) is 3.10. The van der Waals surface area contributed by atoms with Gasteiger partial charge in [-0.3, -0.25) is 0 Å². The first-order valence-electron chi connectivity index (χ1n) is 9.09. The fraction of sp³-hybridized carbons (Fsp3) is 0.632. The molecule has 1 aromatic rings. The minimum absolute atomic E-state index is 0.113. The van der Waals surface area contributed by atoms with Crippen LogP contribution in [0.2, 0.25) is 0 Å². The summed E-state index contributed by atoms with van der Waals surface area (Å²) in [5, 5.41) is 2.65. The highest BCUT2D eigenvalue weighted by Crippen LogP contribution is 2.47. The van der Waals surface area contributed by atoms with Gasteiger partial charge in [0, 0.05) is 12.1 Å². The van der Waals surface area contributed by atoms with Crippen LogP contribution in [0.1, 0.15) is 31.7 Å². The summed E-state index contributed by atoms with van der Waals surface area (Å²) in [6, 6.07) is 7.54. The Labute approximate surface area is 158 Å². The quantitative estimate of drug-likeness (QED) is 0.494. The molecular weight excluding hydrogens is 358 g/mol. The molecule has 2 atom stereocenters. The molecule has 0 bridgehead atoms. The van der Waals surface area contributed by atoms with Crippen molar-refractivity contribution in [3.8, 4) is 0 Å². The molecular formula is C19H28F2N2O4. The molecule has 0 aromatic heterocycles. The van der Waals surface area contributed by atoms with Gasteiger partial charge in [-0.2, -0.15) is 8.78 Å². The number of nitrogens with zero attached hydrogens (tertiary/aromatic N) is 1. The van der Waals surface area contributed by atoms with Gasteiger partial charge in [-0.25, -0.2) is 14.6 Å². The fourth-order valence-electron chi connectivity index (χ4n) is 2.91. The Morgan fingerprint density at radius 1 is 1.30 bits per heavy atom. The van der Waals surface area contributed by atoms with Crippen LogP contribution < -0.4 is 5.32 Å². The fourth-order valence-corrected chi connectivity index (χ4v) is 2.91. The number of amides is 1. The normalized spacial score (nSPS) is 22.4. The van der Waals surface area contributed by atoms with Gasteiger partial charge in [0.15, 0.2) is 6.10 Å². The minimum Gasteiger partial charge on any atom is -0.450 e. The molecule has 6 nitrogen and oxygen atoms in total. The molecule has 1 heterocycles. The minimum atomic E-state index is -3.17. The lowest BCUT2D eigenvalue weighted by molar-refractivity contribution is -0.536. The summed E-state index contributed by atoms with van der Waals surface area (Å²) in [5.41, 5.74) is -1.25. The molecule has 2 rings (SSSR count). The molecule has 1 aliphatic heterocycles. The number of carbonyl (C=O) groups excluding carboxylic acids is 1.